The number of hydrogen-bond acceptors (Lipinski definition) is 5. The summed E-state index contributed by atoms with van der Waals surface area (Å²) in [7, 11) is 0. The number of aromatic nitrogens is 2. The Balaban J connectivity index is 1.22. The molecule has 2 amide bonds. The third-order valence-electron chi connectivity index (χ3n) is 6.84. The topological polar surface area (TPSA) is 70.9 Å². The van der Waals surface area contributed by atoms with E-state index in [0.29, 0.717) is 52.5 Å². The predicted molar refractivity (Wildman–Crippen MR) is 143 cm³/mol. The van der Waals surface area contributed by atoms with Crippen LogP contribution in [0.4, 0.5) is 0 Å². The minimum Gasteiger partial charge on any atom is -0.379 e. The molecular weight excluding hydrogens is 466 g/mol. The highest BCUT2D eigenvalue weighted by Crippen LogP contribution is 2.23. The van der Waals surface area contributed by atoms with Gasteiger partial charge in [0.15, 0.2) is 0 Å². The van der Waals surface area contributed by atoms with Crippen LogP contribution < -0.4 is 0 Å². The van der Waals surface area contributed by atoms with E-state index in [4.69, 9.17) is 9.84 Å². The number of amides is 2. The zero-order chi connectivity index (χ0) is 25.5. The van der Waals surface area contributed by atoms with Crippen molar-refractivity contribution in [3.63, 3.8) is 0 Å². The summed E-state index contributed by atoms with van der Waals surface area (Å²) in [6, 6.07) is 20.2. The van der Waals surface area contributed by atoms with E-state index in [1.54, 1.807) is 6.08 Å². The fraction of sp³-hybridized carbons (Fsp3) is 0.345. The van der Waals surface area contributed by atoms with Crippen LogP contribution in [-0.4, -0.2) is 95.3 Å². The van der Waals surface area contributed by atoms with Gasteiger partial charge in [0.25, 0.3) is 0 Å². The molecule has 8 nitrogen and oxygen atoms in total. The fourth-order valence-electron chi connectivity index (χ4n) is 4.72. The van der Waals surface area contributed by atoms with Gasteiger partial charge >= 0.3 is 0 Å². The van der Waals surface area contributed by atoms with Crippen molar-refractivity contribution in [2.45, 2.75) is 6.54 Å². The third kappa shape index (κ3) is 6.53. The summed E-state index contributed by atoms with van der Waals surface area (Å²) < 4.78 is 7.28. The van der Waals surface area contributed by atoms with Crippen molar-refractivity contribution >= 4 is 17.9 Å². The van der Waals surface area contributed by atoms with Gasteiger partial charge in [0.05, 0.1) is 32.0 Å². The Morgan fingerprint density at radius 1 is 0.838 bits per heavy atom. The second-order valence-corrected chi connectivity index (χ2v) is 9.41. The molecule has 2 fully saturated rings. The van der Waals surface area contributed by atoms with Crippen molar-refractivity contribution in [2.24, 2.45) is 0 Å². The SMILES string of the molecule is O=C(/C=C/c1cn(Cc2ccccc2)nc1-c1ccccc1)N1CCN(C(=O)CN2CCOCC2)CC1. The molecule has 2 aromatic carbocycles. The lowest BCUT2D eigenvalue weighted by molar-refractivity contribution is -0.138. The van der Waals surface area contributed by atoms with Gasteiger partial charge in [-0.3, -0.25) is 19.2 Å². The summed E-state index contributed by atoms with van der Waals surface area (Å²) in [4.78, 5) is 31.5. The van der Waals surface area contributed by atoms with Gasteiger partial charge in [-0.2, -0.15) is 5.10 Å². The van der Waals surface area contributed by atoms with E-state index >= 15 is 0 Å². The monoisotopic (exact) mass is 499 g/mol. The molecule has 3 aromatic rings. The van der Waals surface area contributed by atoms with Crippen LogP contribution in [0.3, 0.4) is 0 Å². The molecular formula is C29H33N5O3. The van der Waals surface area contributed by atoms with Crippen LogP contribution in [0.15, 0.2) is 72.9 Å². The van der Waals surface area contributed by atoms with Crippen molar-refractivity contribution in [1.82, 2.24) is 24.5 Å². The third-order valence-corrected chi connectivity index (χ3v) is 6.84. The van der Waals surface area contributed by atoms with Gasteiger partial charge in [-0.05, 0) is 11.6 Å². The normalized spacial score (nSPS) is 16.9. The summed E-state index contributed by atoms with van der Waals surface area (Å²) in [6.07, 6.45) is 5.47. The lowest BCUT2D eigenvalue weighted by Crippen LogP contribution is -2.53. The molecule has 0 N–H and O–H groups in total. The maximum Gasteiger partial charge on any atom is 0.246 e. The van der Waals surface area contributed by atoms with E-state index in [1.807, 2.05) is 75.3 Å². The van der Waals surface area contributed by atoms with Gasteiger partial charge in [0.1, 0.15) is 0 Å². The maximum absolute atomic E-state index is 13.0. The molecule has 3 heterocycles. The Labute approximate surface area is 217 Å². The number of carbonyl (C=O) groups is 2. The largest absolute Gasteiger partial charge is 0.379 e. The number of morpholine rings is 1. The zero-order valence-corrected chi connectivity index (χ0v) is 21.0. The molecule has 0 bridgehead atoms. The average Bonchev–Trinajstić information content (AvgIpc) is 3.36. The first-order valence-corrected chi connectivity index (χ1v) is 12.9. The maximum atomic E-state index is 13.0. The van der Waals surface area contributed by atoms with E-state index in [9.17, 15) is 9.59 Å². The summed E-state index contributed by atoms with van der Waals surface area (Å²) in [5.74, 6) is 0.0815. The smallest absolute Gasteiger partial charge is 0.246 e. The molecule has 2 saturated heterocycles. The molecule has 8 heteroatoms. The molecule has 1 aromatic heterocycles. The predicted octanol–water partition coefficient (Wildman–Crippen LogP) is 2.61. The fourth-order valence-corrected chi connectivity index (χ4v) is 4.72. The molecule has 0 aliphatic carbocycles. The van der Waals surface area contributed by atoms with E-state index < -0.39 is 0 Å². The lowest BCUT2D eigenvalue weighted by atomic mass is 10.1. The van der Waals surface area contributed by atoms with Gasteiger partial charge < -0.3 is 14.5 Å². The first kappa shape index (κ1) is 24.9. The molecule has 0 saturated carbocycles. The summed E-state index contributed by atoms with van der Waals surface area (Å²) in [5.41, 5.74) is 3.92. The summed E-state index contributed by atoms with van der Waals surface area (Å²) in [6.45, 7) is 6.23. The summed E-state index contributed by atoms with van der Waals surface area (Å²) in [5, 5.41) is 4.83. The van der Waals surface area contributed by atoms with E-state index in [1.165, 1.54) is 0 Å². The zero-order valence-electron chi connectivity index (χ0n) is 21.0. The first-order valence-electron chi connectivity index (χ1n) is 12.9. The van der Waals surface area contributed by atoms with Crippen molar-refractivity contribution in [3.05, 3.63) is 84.1 Å². The molecule has 0 atom stereocenters. The highest BCUT2D eigenvalue weighted by Gasteiger charge is 2.25. The Morgan fingerprint density at radius 2 is 1.49 bits per heavy atom. The molecule has 0 unspecified atom stereocenters. The lowest BCUT2D eigenvalue weighted by Gasteiger charge is -2.36. The summed E-state index contributed by atoms with van der Waals surface area (Å²) >= 11 is 0. The highest BCUT2D eigenvalue weighted by atomic mass is 16.5. The number of carbonyl (C=O) groups excluding carboxylic acids is 2. The average molecular weight is 500 g/mol. The van der Waals surface area contributed by atoms with Crippen molar-refractivity contribution < 1.29 is 14.3 Å². The van der Waals surface area contributed by atoms with Crippen LogP contribution in [0, 0.1) is 0 Å². The number of piperazine rings is 1. The van der Waals surface area contributed by atoms with Gasteiger partial charge in [-0.1, -0.05) is 60.7 Å². The molecule has 0 spiro atoms. The van der Waals surface area contributed by atoms with Crippen LogP contribution in [0.1, 0.15) is 11.1 Å². The van der Waals surface area contributed by atoms with Crippen molar-refractivity contribution in [1.29, 1.82) is 0 Å². The Bertz CT molecular complexity index is 1210. The Hall–Kier alpha value is -3.75. The standard InChI is InChI=1S/C29H33N5O3/c35-27(32-13-15-33(16-14-32)28(36)23-31-17-19-37-20-18-31)12-11-26-22-34(21-24-7-3-1-4-8-24)30-29(26)25-9-5-2-6-10-25/h1-12,22H,13-21,23H2/b12-11+. The van der Waals surface area contributed by atoms with Gasteiger partial charge in [0.2, 0.25) is 11.8 Å². The minimum absolute atomic E-state index is 0.0462. The minimum atomic E-state index is -0.0462. The highest BCUT2D eigenvalue weighted by molar-refractivity contribution is 5.93. The second-order valence-electron chi connectivity index (χ2n) is 9.41. The number of benzene rings is 2. The molecule has 2 aliphatic heterocycles. The molecule has 0 radical (unpaired) electrons. The molecule has 2 aliphatic rings. The van der Waals surface area contributed by atoms with Gasteiger partial charge in [0, 0.05) is 62.7 Å². The quantitative estimate of drug-likeness (QED) is 0.468. The second kappa shape index (κ2) is 12.0. The van der Waals surface area contributed by atoms with Gasteiger partial charge in [-0.15, -0.1) is 0 Å². The van der Waals surface area contributed by atoms with E-state index in [-0.39, 0.29) is 11.8 Å². The molecule has 37 heavy (non-hydrogen) atoms. The first-order chi connectivity index (χ1) is 18.2. The Kier molecular flexibility index (Phi) is 8.08. The number of rotatable bonds is 7. The van der Waals surface area contributed by atoms with Crippen LogP contribution >= 0.6 is 0 Å². The van der Waals surface area contributed by atoms with Crippen LogP contribution in [0.2, 0.25) is 0 Å². The molecule has 5 rings (SSSR count). The van der Waals surface area contributed by atoms with E-state index in [0.717, 1.165) is 35.5 Å². The van der Waals surface area contributed by atoms with Crippen molar-refractivity contribution in [2.75, 3.05) is 59.0 Å². The van der Waals surface area contributed by atoms with Crippen LogP contribution in [-0.2, 0) is 20.9 Å². The number of nitrogens with zero attached hydrogens (tertiary/aromatic N) is 5. The van der Waals surface area contributed by atoms with Gasteiger partial charge in [-0.25, -0.2) is 0 Å². The molecule has 192 valence electrons. The number of hydrogen-bond donors (Lipinski definition) is 0. The van der Waals surface area contributed by atoms with Crippen molar-refractivity contribution in [3.8, 4) is 11.3 Å². The number of ether oxygens (including phenoxy) is 1. The Morgan fingerprint density at radius 3 is 2.19 bits per heavy atom. The van der Waals surface area contributed by atoms with Crippen LogP contribution in [0.5, 0.6) is 0 Å². The van der Waals surface area contributed by atoms with E-state index in [2.05, 4.69) is 17.0 Å². The van der Waals surface area contributed by atoms with Crippen LogP contribution in [0.25, 0.3) is 17.3 Å².